The van der Waals surface area contributed by atoms with Crippen molar-refractivity contribution in [3.63, 3.8) is 0 Å². The van der Waals surface area contributed by atoms with Crippen LogP contribution in [0.1, 0.15) is 16.8 Å². The molecule has 0 bridgehead atoms. The monoisotopic (exact) mass is 465 g/mol. The maximum atomic E-state index is 12.7. The molecule has 3 atom stereocenters. The molecule has 10 nitrogen and oxygen atoms in total. The molecule has 2 unspecified atom stereocenters. The van der Waals surface area contributed by atoms with E-state index in [4.69, 9.17) is 0 Å². The summed E-state index contributed by atoms with van der Waals surface area (Å²) in [4.78, 5) is 50.2. The molecular weight excluding hydrogens is 450 g/mol. The highest BCUT2D eigenvalue weighted by Crippen LogP contribution is 2.44. The number of hydrogen-bond acceptors (Lipinski definition) is 9. The number of rotatable bonds is 6. The molecule has 2 aromatic heterocycles. The van der Waals surface area contributed by atoms with Crippen molar-refractivity contribution in [3.05, 3.63) is 32.8 Å². The second-order valence-electron chi connectivity index (χ2n) is 6.48. The number of thioether (sulfide) groups is 1. The summed E-state index contributed by atoms with van der Waals surface area (Å²) in [6.45, 7) is 1.33. The molecule has 2 aromatic rings. The van der Waals surface area contributed by atoms with Gasteiger partial charge < -0.3 is 20.6 Å². The average Bonchev–Trinajstić information content (AvgIpc) is 3.36. The van der Waals surface area contributed by atoms with Crippen molar-refractivity contribution >= 4 is 68.8 Å². The normalized spacial score (nSPS) is 22.6. The Bertz CT molecular complexity index is 1050. The molecule has 3 N–H and O–H groups in total. The molecule has 0 radical (unpaired) electrons. The van der Waals surface area contributed by atoms with Crippen LogP contribution in [-0.2, 0) is 25.6 Å². The molecule has 0 aliphatic carbocycles. The van der Waals surface area contributed by atoms with Gasteiger partial charge in [-0.2, -0.15) is 0 Å². The summed E-state index contributed by atoms with van der Waals surface area (Å²) in [7, 11) is 0. The molecule has 4 rings (SSSR count). The van der Waals surface area contributed by atoms with Crippen LogP contribution in [0, 0.1) is 0 Å². The molecule has 0 saturated carbocycles. The first kappa shape index (κ1) is 20.5. The zero-order valence-electron chi connectivity index (χ0n) is 15.4. The number of aromatic nitrogens is 2. The smallest absolute Gasteiger partial charge is 0.331 e. The van der Waals surface area contributed by atoms with E-state index in [1.54, 1.807) is 5.41 Å². The summed E-state index contributed by atoms with van der Waals surface area (Å²) in [5, 5.41) is 26.3. The Morgan fingerprint density at radius 1 is 1.30 bits per heavy atom. The van der Waals surface area contributed by atoms with Crippen LogP contribution in [0.3, 0.4) is 0 Å². The molecule has 3 amide bonds. The number of nitrogens with zero attached hydrogens (tertiary/aromatic N) is 3. The van der Waals surface area contributed by atoms with Gasteiger partial charge in [0.1, 0.15) is 16.4 Å². The fourth-order valence-electron chi connectivity index (χ4n) is 3.15. The van der Waals surface area contributed by atoms with Gasteiger partial charge in [0.25, 0.3) is 0 Å². The average molecular weight is 466 g/mol. The minimum Gasteiger partial charge on any atom is -0.479 e. The van der Waals surface area contributed by atoms with E-state index in [2.05, 4.69) is 20.8 Å². The van der Waals surface area contributed by atoms with Gasteiger partial charge in [-0.3, -0.25) is 14.4 Å². The maximum absolute atomic E-state index is 12.7. The summed E-state index contributed by atoms with van der Waals surface area (Å²) in [5.41, 5.74) is 0.314. The van der Waals surface area contributed by atoms with E-state index < -0.39 is 29.3 Å². The molecule has 2 aliphatic heterocycles. The minimum absolute atomic E-state index is 0.166. The van der Waals surface area contributed by atoms with Crippen molar-refractivity contribution in [2.45, 2.75) is 30.8 Å². The number of hydrogen-bond donors (Lipinski definition) is 3. The first-order valence-corrected chi connectivity index (χ1v) is 11.3. The van der Waals surface area contributed by atoms with Crippen LogP contribution >= 0.6 is 34.4 Å². The molecule has 4 heterocycles. The number of aliphatic carboxylic acids is 1. The number of carbonyl (C=O) groups excluding carboxylic acids is 3. The van der Waals surface area contributed by atoms with E-state index in [1.165, 1.54) is 34.9 Å². The lowest BCUT2D eigenvalue weighted by Gasteiger charge is -2.51. The molecule has 30 heavy (non-hydrogen) atoms. The van der Waals surface area contributed by atoms with E-state index in [9.17, 15) is 24.3 Å². The van der Waals surface area contributed by atoms with Crippen molar-refractivity contribution in [2.24, 2.45) is 0 Å². The van der Waals surface area contributed by atoms with Crippen molar-refractivity contribution in [1.29, 1.82) is 0 Å². The number of fused-ring (bicyclic) bond motifs is 1. The van der Waals surface area contributed by atoms with Crippen LogP contribution in [0.4, 0.5) is 5.13 Å². The van der Waals surface area contributed by atoms with Crippen LogP contribution in [-0.4, -0.2) is 61.4 Å². The Morgan fingerprint density at radius 3 is 2.77 bits per heavy atom. The quantitative estimate of drug-likeness (QED) is 0.537. The fraction of sp³-hybridized carbons (Fsp3) is 0.294. The van der Waals surface area contributed by atoms with Gasteiger partial charge in [0, 0.05) is 17.4 Å². The van der Waals surface area contributed by atoms with Gasteiger partial charge in [-0.15, -0.1) is 33.3 Å². The summed E-state index contributed by atoms with van der Waals surface area (Å²) < 4.78 is 0. The largest absolute Gasteiger partial charge is 0.479 e. The number of nitrogens with one attached hydrogen (secondary N) is 2. The molecule has 156 valence electrons. The van der Waals surface area contributed by atoms with Crippen LogP contribution < -0.4 is 10.6 Å². The first-order valence-electron chi connectivity index (χ1n) is 8.69. The van der Waals surface area contributed by atoms with Gasteiger partial charge in [0.15, 0.2) is 6.04 Å². The second kappa shape index (κ2) is 8.16. The van der Waals surface area contributed by atoms with Gasteiger partial charge in [0.05, 0.1) is 6.42 Å². The van der Waals surface area contributed by atoms with Gasteiger partial charge in [-0.25, -0.2) is 4.79 Å². The Labute approximate surface area is 182 Å². The zero-order valence-corrected chi connectivity index (χ0v) is 17.8. The number of carboxylic acids is 1. The summed E-state index contributed by atoms with van der Waals surface area (Å²) >= 11 is 3.72. The van der Waals surface area contributed by atoms with Crippen LogP contribution in [0.5, 0.6) is 0 Å². The van der Waals surface area contributed by atoms with Gasteiger partial charge >= 0.3 is 5.97 Å². The number of β-lactam (4-membered cyclic amide) rings is 1. The van der Waals surface area contributed by atoms with E-state index in [-0.39, 0.29) is 23.4 Å². The SMILES string of the molecule is CC(=O)Nc1nnc(C2=CS[C@@H]3C(NC(=O)Cc4cccs4)C(=O)N3C2C(=O)O)s1. The lowest BCUT2D eigenvalue weighted by atomic mass is 9.98. The molecule has 1 saturated heterocycles. The molecule has 1 fully saturated rings. The van der Waals surface area contributed by atoms with Crippen molar-refractivity contribution < 1.29 is 24.3 Å². The fourth-order valence-corrected chi connectivity index (χ4v) is 5.98. The second-order valence-corrected chi connectivity index (χ2v) is 9.48. The van der Waals surface area contributed by atoms with Crippen molar-refractivity contribution in [3.8, 4) is 0 Å². The highest BCUT2D eigenvalue weighted by molar-refractivity contribution is 8.03. The molecule has 13 heteroatoms. The number of amides is 3. The topological polar surface area (TPSA) is 142 Å². The lowest BCUT2D eigenvalue weighted by Crippen LogP contribution is -2.73. The Hall–Kier alpha value is -2.77. The molecular formula is C17H15N5O5S3. The predicted molar refractivity (Wildman–Crippen MR) is 112 cm³/mol. The third-order valence-corrected chi connectivity index (χ3v) is 7.34. The zero-order chi connectivity index (χ0) is 21.4. The number of carbonyl (C=O) groups is 4. The van der Waals surface area contributed by atoms with E-state index in [0.29, 0.717) is 10.6 Å². The summed E-state index contributed by atoms with van der Waals surface area (Å²) in [6, 6.07) is 1.65. The Kier molecular flexibility index (Phi) is 5.58. The number of carboxylic acid groups (broad SMARTS) is 1. The van der Waals surface area contributed by atoms with Gasteiger partial charge in [-0.05, 0) is 16.9 Å². The molecule has 0 aromatic carbocycles. The van der Waals surface area contributed by atoms with Gasteiger partial charge in [0.2, 0.25) is 22.9 Å². The predicted octanol–water partition coefficient (Wildman–Crippen LogP) is 0.995. The molecule has 0 spiro atoms. The summed E-state index contributed by atoms with van der Waals surface area (Å²) in [6.07, 6.45) is 0.166. The van der Waals surface area contributed by atoms with E-state index in [1.807, 2.05) is 17.5 Å². The third kappa shape index (κ3) is 3.82. The van der Waals surface area contributed by atoms with Crippen molar-refractivity contribution in [2.75, 3.05) is 5.32 Å². The maximum Gasteiger partial charge on any atom is 0.331 e. The van der Waals surface area contributed by atoms with Crippen LogP contribution in [0.2, 0.25) is 0 Å². The number of thiophene rings is 1. The Balaban J connectivity index is 1.51. The van der Waals surface area contributed by atoms with Crippen LogP contribution in [0.25, 0.3) is 5.57 Å². The molecule has 2 aliphatic rings. The number of anilines is 1. The summed E-state index contributed by atoms with van der Waals surface area (Å²) in [5.74, 6) is -2.28. The van der Waals surface area contributed by atoms with Crippen LogP contribution in [0.15, 0.2) is 22.9 Å². The first-order chi connectivity index (χ1) is 14.3. The minimum atomic E-state index is -1.24. The highest BCUT2D eigenvalue weighted by atomic mass is 32.2. The third-order valence-electron chi connectivity index (χ3n) is 4.41. The standard InChI is InChI=1S/C17H15N5O5S3/c1-7(23)18-17-21-20-13(30-17)9-6-29-15-11(14(25)22(15)12(9)16(26)27)19-10(24)5-8-3-2-4-28-8/h2-4,6,11-12,15H,5H2,1H3,(H,19,24)(H,26,27)(H,18,21,23)/t11?,12?,15-/m1/s1. The van der Waals surface area contributed by atoms with E-state index in [0.717, 1.165) is 16.2 Å². The highest BCUT2D eigenvalue weighted by Gasteiger charge is 2.56. The Morgan fingerprint density at radius 2 is 2.10 bits per heavy atom. The van der Waals surface area contributed by atoms with Crippen molar-refractivity contribution in [1.82, 2.24) is 20.4 Å². The lowest BCUT2D eigenvalue weighted by molar-refractivity contribution is -0.158. The van der Waals surface area contributed by atoms with E-state index >= 15 is 0 Å². The van der Waals surface area contributed by atoms with Gasteiger partial charge in [-0.1, -0.05) is 17.4 Å².